The molecule has 56 heavy (non-hydrogen) atoms. The molecule has 2 unspecified atom stereocenters. The van der Waals surface area contributed by atoms with E-state index in [1.54, 1.807) is 0 Å². The van der Waals surface area contributed by atoms with E-state index in [0.717, 1.165) is 54.0 Å². The fourth-order valence-electron chi connectivity index (χ4n) is 8.57. The summed E-state index contributed by atoms with van der Waals surface area (Å²) < 4.78 is 0. The molecule has 6 rings (SSSR count). The van der Waals surface area contributed by atoms with Crippen LogP contribution in [-0.4, -0.2) is 169 Å². The maximum atomic E-state index is 2.60. The topological polar surface area (TPSA) is 22.7 Å². The minimum Gasteiger partial charge on any atom is -0.304 e. The van der Waals surface area contributed by atoms with E-state index in [0.29, 0.717) is 0 Å². The average Bonchev–Trinajstić information content (AvgIpc) is 3.65. The number of piperazine rings is 1. The van der Waals surface area contributed by atoms with Gasteiger partial charge in [-0.25, -0.2) is 0 Å². The van der Waals surface area contributed by atoms with Crippen molar-refractivity contribution in [2.75, 3.05) is 98.7 Å². The van der Waals surface area contributed by atoms with Gasteiger partial charge in [-0.15, -0.1) is 0 Å². The molecule has 0 aromatic carbocycles. The van der Waals surface area contributed by atoms with E-state index in [1.165, 1.54) is 149 Å². The van der Waals surface area contributed by atoms with Gasteiger partial charge in [0.25, 0.3) is 0 Å². The predicted molar refractivity (Wildman–Crippen MR) is 254 cm³/mol. The van der Waals surface area contributed by atoms with Crippen molar-refractivity contribution in [3.05, 3.63) is 0 Å². The summed E-state index contributed by atoms with van der Waals surface area (Å²) in [5.74, 6) is 2.78. The van der Waals surface area contributed by atoms with Crippen molar-refractivity contribution in [2.45, 2.75) is 205 Å². The summed E-state index contributed by atoms with van der Waals surface area (Å²) in [6.45, 7) is 52.6. The number of rotatable bonds is 6. The van der Waals surface area contributed by atoms with Crippen molar-refractivity contribution in [3.63, 3.8) is 0 Å². The Bertz CT molecular complexity index is 824. The molecule has 6 heterocycles. The molecular weight excluding hydrogens is 687 g/mol. The van der Waals surface area contributed by atoms with Crippen molar-refractivity contribution < 1.29 is 0 Å². The number of likely N-dealkylation sites (N-methyl/N-ethyl adjacent to an activating group) is 1. The van der Waals surface area contributed by atoms with Crippen molar-refractivity contribution >= 4 is 0 Å². The van der Waals surface area contributed by atoms with Gasteiger partial charge in [0, 0.05) is 75.5 Å². The first-order valence-corrected chi connectivity index (χ1v) is 24.0. The van der Waals surface area contributed by atoms with Crippen molar-refractivity contribution in [1.29, 1.82) is 0 Å². The SMILES string of the molecule is C.CC(C)N1CCC1.CC(C)N1CCCC1.CC(C)N1CCCCC1.CC(C)N1CCN(C)CC1.CC1CC(C)CN(C(C)C)C1.CC1CCN(C(C)C)CC1. The minimum atomic E-state index is 0. The molecule has 0 spiro atoms. The van der Waals surface area contributed by atoms with Gasteiger partial charge in [0.15, 0.2) is 0 Å². The smallest absolute Gasteiger partial charge is 0.0112 e. The van der Waals surface area contributed by atoms with Gasteiger partial charge in [0.1, 0.15) is 0 Å². The Balaban J connectivity index is 0.000000649. The molecule has 6 aliphatic rings. The summed E-state index contributed by atoms with van der Waals surface area (Å²) in [6.07, 6.45) is 12.7. The third kappa shape index (κ3) is 25.4. The standard InChI is InChI=1S/C10H21N.C9H19N.C8H18N2.C8H17N.C7H15N.C6H13N.CH4/c1-8(2)11-6-9(3)5-10(4)7-11;2*1-8(2)10-6-4-9(3)5-7-10;1-8(2)9-6-4-3-5-7-9;1-7(2)8-5-3-4-6-8;1-6(2)7-4-3-5-7;/h8-10H,5-7H2,1-4H3;8-9H,4-7H2,1-3H3;8H,4-7H2,1-3H3;8H,3-7H2,1-2H3;7H,3-6H2,1-2H3;6H,3-5H2,1-2H3;1H4. The molecule has 7 heteroatoms. The highest BCUT2D eigenvalue weighted by Crippen LogP contribution is 2.22. The van der Waals surface area contributed by atoms with Crippen LogP contribution in [0, 0.1) is 17.8 Å². The van der Waals surface area contributed by atoms with Crippen LogP contribution in [0.2, 0.25) is 0 Å². The molecule has 6 fully saturated rings. The van der Waals surface area contributed by atoms with Crippen LogP contribution in [0.15, 0.2) is 0 Å². The van der Waals surface area contributed by atoms with Gasteiger partial charge in [0.05, 0.1) is 0 Å². The van der Waals surface area contributed by atoms with Crippen LogP contribution in [0.3, 0.4) is 0 Å². The van der Waals surface area contributed by atoms with Crippen LogP contribution >= 0.6 is 0 Å². The van der Waals surface area contributed by atoms with Crippen LogP contribution < -0.4 is 0 Å². The quantitative estimate of drug-likeness (QED) is 0.264. The monoisotopic (exact) mass is 794 g/mol. The van der Waals surface area contributed by atoms with E-state index in [-0.39, 0.29) is 7.43 Å². The van der Waals surface area contributed by atoms with Crippen LogP contribution in [0.1, 0.15) is 169 Å². The zero-order valence-electron chi connectivity index (χ0n) is 40.6. The average molecular weight is 794 g/mol. The highest BCUT2D eigenvalue weighted by atomic mass is 15.3. The van der Waals surface area contributed by atoms with E-state index < -0.39 is 0 Å². The first-order chi connectivity index (χ1) is 25.9. The Hall–Kier alpha value is -0.280. The van der Waals surface area contributed by atoms with E-state index in [4.69, 9.17) is 0 Å². The Morgan fingerprint density at radius 3 is 0.893 bits per heavy atom. The summed E-state index contributed by atoms with van der Waals surface area (Å²) >= 11 is 0. The van der Waals surface area contributed by atoms with Crippen LogP contribution in [0.5, 0.6) is 0 Å². The fourth-order valence-corrected chi connectivity index (χ4v) is 8.57. The number of piperidine rings is 3. The van der Waals surface area contributed by atoms with Crippen LogP contribution in [0.25, 0.3) is 0 Å². The second kappa shape index (κ2) is 31.6. The molecule has 0 N–H and O–H groups in total. The fraction of sp³-hybridized carbons (Fsp3) is 1.00. The van der Waals surface area contributed by atoms with E-state index in [1.807, 2.05) is 0 Å². The third-order valence-electron chi connectivity index (χ3n) is 13.1. The molecule has 0 amide bonds. The largest absolute Gasteiger partial charge is 0.304 e. The lowest BCUT2D eigenvalue weighted by Crippen LogP contribution is -2.47. The summed E-state index contributed by atoms with van der Waals surface area (Å²) in [6, 6.07) is 4.55. The summed E-state index contributed by atoms with van der Waals surface area (Å²) in [5, 5.41) is 0. The lowest BCUT2D eigenvalue weighted by Gasteiger charge is -2.37. The molecule has 0 aliphatic carbocycles. The second-order valence-electron chi connectivity index (χ2n) is 20.2. The molecule has 2 atom stereocenters. The van der Waals surface area contributed by atoms with Crippen LogP contribution in [-0.2, 0) is 0 Å². The van der Waals surface area contributed by atoms with Gasteiger partial charge in [0.2, 0.25) is 0 Å². The maximum Gasteiger partial charge on any atom is 0.0112 e. The van der Waals surface area contributed by atoms with Gasteiger partial charge in [-0.2, -0.15) is 0 Å². The zero-order chi connectivity index (χ0) is 41.5. The molecule has 0 saturated carbocycles. The van der Waals surface area contributed by atoms with Crippen molar-refractivity contribution in [1.82, 2.24) is 34.3 Å². The summed E-state index contributed by atoms with van der Waals surface area (Å²) in [7, 11) is 2.19. The Labute approximate surface area is 355 Å². The van der Waals surface area contributed by atoms with E-state index >= 15 is 0 Å². The highest BCUT2D eigenvalue weighted by molar-refractivity contribution is 4.77. The Morgan fingerprint density at radius 1 is 0.321 bits per heavy atom. The number of nitrogens with zero attached hydrogens (tertiary/aromatic N) is 7. The zero-order valence-corrected chi connectivity index (χ0v) is 40.6. The van der Waals surface area contributed by atoms with Crippen molar-refractivity contribution in [2.24, 2.45) is 17.8 Å². The molecule has 338 valence electrons. The first kappa shape index (κ1) is 55.7. The van der Waals surface area contributed by atoms with Crippen molar-refractivity contribution in [3.8, 4) is 0 Å². The predicted octanol–water partition coefficient (Wildman–Crippen LogP) is 10.2. The summed E-state index contributed by atoms with van der Waals surface area (Å²) in [5.41, 5.74) is 0. The number of likely N-dealkylation sites (tertiary alicyclic amines) is 5. The molecule has 6 saturated heterocycles. The third-order valence-corrected chi connectivity index (χ3v) is 13.1. The molecule has 0 aromatic heterocycles. The number of hydrogen-bond donors (Lipinski definition) is 0. The lowest BCUT2D eigenvalue weighted by atomic mass is 9.91. The highest BCUT2D eigenvalue weighted by Gasteiger charge is 2.23. The normalized spacial score (nSPS) is 25.2. The molecule has 0 radical (unpaired) electrons. The lowest BCUT2D eigenvalue weighted by molar-refractivity contribution is 0.111. The molecule has 0 bridgehead atoms. The second-order valence-corrected chi connectivity index (χ2v) is 20.2. The maximum absolute atomic E-state index is 2.60. The molecule has 6 aliphatic heterocycles. The summed E-state index contributed by atoms with van der Waals surface area (Å²) in [4.78, 5) is 17.6. The van der Waals surface area contributed by atoms with Gasteiger partial charge in [-0.05, 0) is 212 Å². The van der Waals surface area contributed by atoms with E-state index in [9.17, 15) is 0 Å². The van der Waals surface area contributed by atoms with Gasteiger partial charge < -0.3 is 29.4 Å². The van der Waals surface area contributed by atoms with E-state index in [2.05, 4.69) is 145 Å². The Kier molecular flexibility index (Phi) is 31.4. The Morgan fingerprint density at radius 2 is 0.607 bits per heavy atom. The molecule has 0 aromatic rings. The number of hydrogen-bond acceptors (Lipinski definition) is 7. The molecular formula is C49H107N7. The first-order valence-electron chi connectivity index (χ1n) is 24.0. The van der Waals surface area contributed by atoms with Crippen LogP contribution in [0.4, 0.5) is 0 Å². The van der Waals surface area contributed by atoms with Gasteiger partial charge in [-0.3, -0.25) is 4.90 Å². The van der Waals surface area contributed by atoms with Gasteiger partial charge >= 0.3 is 0 Å². The van der Waals surface area contributed by atoms with Gasteiger partial charge in [-0.1, -0.05) is 34.6 Å². The molecule has 7 nitrogen and oxygen atoms in total. The minimum absolute atomic E-state index is 0.